The van der Waals surface area contributed by atoms with Crippen LogP contribution in [0.15, 0.2) is 24.3 Å². The summed E-state index contributed by atoms with van der Waals surface area (Å²) in [6, 6.07) is 7.19. The van der Waals surface area contributed by atoms with Gasteiger partial charge >= 0.3 is 0 Å². The molecule has 0 fully saturated rings. The Morgan fingerprint density at radius 1 is 1.17 bits per heavy atom. The minimum absolute atomic E-state index is 0.205. The summed E-state index contributed by atoms with van der Waals surface area (Å²) < 4.78 is 20.5. The van der Waals surface area contributed by atoms with Gasteiger partial charge in [-0.25, -0.2) is 8.42 Å². The Balaban J connectivity index is 2.59. The van der Waals surface area contributed by atoms with Gasteiger partial charge in [-0.2, -0.15) is 0 Å². The third-order valence-corrected chi connectivity index (χ3v) is 2.34. The number of benzene rings is 1. The Kier molecular flexibility index (Phi) is 3.56. The molecular formula is C8H9ClO2S. The molecule has 0 atom stereocenters. The topological polar surface area (TPSA) is 34.1 Å². The molecule has 0 aromatic heterocycles. The lowest BCUT2D eigenvalue weighted by atomic mass is 10.2. The van der Waals surface area contributed by atoms with Crippen LogP contribution in [-0.4, -0.2) is 14.2 Å². The maximum Gasteiger partial charge on any atom is 0.140 e. The quantitative estimate of drug-likeness (QED) is 0.758. The molecule has 0 saturated carbocycles. The largest absolute Gasteiger partial charge is 0.232 e. The van der Waals surface area contributed by atoms with Crippen molar-refractivity contribution in [3.05, 3.63) is 34.9 Å². The Hall–Kier alpha value is -0.540. The highest BCUT2D eigenvalue weighted by Gasteiger charge is 1.93. The first-order chi connectivity index (χ1) is 5.68. The highest BCUT2D eigenvalue weighted by molar-refractivity contribution is 7.72. The third kappa shape index (κ3) is 3.24. The van der Waals surface area contributed by atoms with Crippen molar-refractivity contribution in [3.63, 3.8) is 0 Å². The molecule has 1 aromatic rings. The zero-order valence-corrected chi connectivity index (χ0v) is 8.02. The summed E-state index contributed by atoms with van der Waals surface area (Å²) >= 11 is 5.65. The Labute approximate surface area is 78.1 Å². The van der Waals surface area contributed by atoms with Crippen LogP contribution in [0.25, 0.3) is 0 Å². The summed E-state index contributed by atoms with van der Waals surface area (Å²) in [5.41, 5.74) is 0.999. The third-order valence-electron chi connectivity index (χ3n) is 1.50. The fourth-order valence-electron chi connectivity index (χ4n) is 0.871. The molecule has 0 heterocycles. The summed E-state index contributed by atoms with van der Waals surface area (Å²) in [7, 11) is -2.26. The molecule has 1 rings (SSSR count). The van der Waals surface area contributed by atoms with E-state index in [0.717, 1.165) is 5.56 Å². The van der Waals surface area contributed by atoms with E-state index in [9.17, 15) is 8.42 Å². The SMILES string of the molecule is O=[SH](=O)CCc1ccc(Cl)cc1. The predicted molar refractivity (Wildman–Crippen MR) is 50.3 cm³/mol. The molecule has 0 aliphatic heterocycles. The van der Waals surface area contributed by atoms with Crippen LogP contribution in [0.2, 0.25) is 5.02 Å². The summed E-state index contributed by atoms with van der Waals surface area (Å²) in [5, 5.41) is 0.672. The van der Waals surface area contributed by atoms with Gasteiger partial charge in [0, 0.05) is 5.02 Å². The normalized spacial score (nSPS) is 10.5. The van der Waals surface area contributed by atoms with Crippen LogP contribution in [0, 0.1) is 0 Å². The molecule has 0 amide bonds. The highest BCUT2D eigenvalue weighted by atomic mass is 35.5. The molecule has 0 spiro atoms. The van der Waals surface area contributed by atoms with Crippen molar-refractivity contribution in [1.82, 2.24) is 0 Å². The van der Waals surface area contributed by atoms with Crippen molar-refractivity contribution in [2.75, 3.05) is 5.75 Å². The number of aryl methyl sites for hydroxylation is 1. The van der Waals surface area contributed by atoms with E-state index < -0.39 is 10.7 Å². The lowest BCUT2D eigenvalue weighted by Gasteiger charge is -1.96. The van der Waals surface area contributed by atoms with Crippen LogP contribution in [0.5, 0.6) is 0 Å². The summed E-state index contributed by atoms with van der Waals surface area (Å²) in [4.78, 5) is 0. The van der Waals surface area contributed by atoms with Gasteiger partial charge in [0.25, 0.3) is 0 Å². The van der Waals surface area contributed by atoms with E-state index in [1.807, 2.05) is 12.1 Å². The second-order valence-electron chi connectivity index (χ2n) is 2.43. The zero-order valence-electron chi connectivity index (χ0n) is 6.37. The van der Waals surface area contributed by atoms with Crippen molar-refractivity contribution in [1.29, 1.82) is 0 Å². The number of halogens is 1. The van der Waals surface area contributed by atoms with Gasteiger partial charge in [0.2, 0.25) is 0 Å². The number of hydrogen-bond donors (Lipinski definition) is 1. The molecule has 12 heavy (non-hydrogen) atoms. The molecule has 1 aromatic carbocycles. The van der Waals surface area contributed by atoms with Gasteiger partial charge in [-0.3, -0.25) is 0 Å². The highest BCUT2D eigenvalue weighted by Crippen LogP contribution is 2.09. The lowest BCUT2D eigenvalue weighted by molar-refractivity contribution is 0.614. The summed E-state index contributed by atoms with van der Waals surface area (Å²) in [5.74, 6) is 0.205. The van der Waals surface area contributed by atoms with Gasteiger partial charge in [-0.05, 0) is 24.1 Å². The predicted octanol–water partition coefficient (Wildman–Crippen LogP) is 1.49. The van der Waals surface area contributed by atoms with E-state index in [1.54, 1.807) is 12.1 Å². The first-order valence-corrected chi connectivity index (χ1v) is 5.29. The maximum absolute atomic E-state index is 10.3. The lowest BCUT2D eigenvalue weighted by Crippen LogP contribution is -1.92. The van der Waals surface area contributed by atoms with Gasteiger partial charge in [0.15, 0.2) is 0 Å². The average molecular weight is 205 g/mol. The van der Waals surface area contributed by atoms with Crippen LogP contribution >= 0.6 is 11.6 Å². The van der Waals surface area contributed by atoms with Crippen molar-refractivity contribution in [2.45, 2.75) is 6.42 Å². The van der Waals surface area contributed by atoms with Gasteiger partial charge in [-0.1, -0.05) is 23.7 Å². The molecule has 0 bridgehead atoms. The van der Waals surface area contributed by atoms with Crippen LogP contribution < -0.4 is 0 Å². The van der Waals surface area contributed by atoms with Gasteiger partial charge < -0.3 is 0 Å². The second kappa shape index (κ2) is 4.48. The number of rotatable bonds is 3. The monoisotopic (exact) mass is 204 g/mol. The molecule has 4 heteroatoms. The second-order valence-corrected chi connectivity index (χ2v) is 3.98. The Bertz CT molecular complexity index is 308. The first kappa shape index (κ1) is 9.55. The molecular weight excluding hydrogens is 196 g/mol. The van der Waals surface area contributed by atoms with Crippen LogP contribution in [-0.2, 0) is 17.1 Å². The van der Waals surface area contributed by atoms with Crippen molar-refractivity contribution < 1.29 is 8.42 Å². The molecule has 0 N–H and O–H groups in total. The van der Waals surface area contributed by atoms with E-state index in [-0.39, 0.29) is 5.75 Å². The van der Waals surface area contributed by atoms with E-state index in [2.05, 4.69) is 0 Å². The maximum atomic E-state index is 10.3. The molecule has 0 aliphatic rings. The number of hydrogen-bond acceptors (Lipinski definition) is 2. The van der Waals surface area contributed by atoms with Crippen LogP contribution in [0.3, 0.4) is 0 Å². The van der Waals surface area contributed by atoms with E-state index in [4.69, 9.17) is 11.6 Å². The first-order valence-electron chi connectivity index (χ1n) is 3.55. The smallest absolute Gasteiger partial charge is 0.140 e. The average Bonchev–Trinajstić information content (AvgIpc) is 2.03. The molecule has 0 radical (unpaired) electrons. The van der Waals surface area contributed by atoms with Gasteiger partial charge in [-0.15, -0.1) is 0 Å². The molecule has 66 valence electrons. The molecule has 0 aliphatic carbocycles. The molecule has 0 saturated heterocycles. The summed E-state index contributed by atoms with van der Waals surface area (Å²) in [6.07, 6.45) is 0.565. The minimum Gasteiger partial charge on any atom is -0.232 e. The van der Waals surface area contributed by atoms with Gasteiger partial charge in [0.1, 0.15) is 10.7 Å². The van der Waals surface area contributed by atoms with Crippen LogP contribution in [0.1, 0.15) is 5.56 Å². The molecule has 2 nitrogen and oxygen atoms in total. The Morgan fingerprint density at radius 3 is 2.25 bits per heavy atom. The van der Waals surface area contributed by atoms with Crippen LogP contribution in [0.4, 0.5) is 0 Å². The zero-order chi connectivity index (χ0) is 8.97. The fourth-order valence-corrected chi connectivity index (χ4v) is 1.44. The van der Waals surface area contributed by atoms with E-state index in [0.29, 0.717) is 11.4 Å². The summed E-state index contributed by atoms with van der Waals surface area (Å²) in [6.45, 7) is 0. The standard InChI is InChI=1S/C8H9ClO2S/c9-8-3-1-7(2-4-8)5-6-12(10)11/h1-4,12H,5-6H2. The van der Waals surface area contributed by atoms with Crippen molar-refractivity contribution in [3.8, 4) is 0 Å². The molecule has 0 unspecified atom stereocenters. The Morgan fingerprint density at radius 2 is 1.75 bits per heavy atom. The van der Waals surface area contributed by atoms with Crippen molar-refractivity contribution in [2.24, 2.45) is 0 Å². The van der Waals surface area contributed by atoms with Crippen molar-refractivity contribution >= 4 is 22.3 Å². The minimum atomic E-state index is -2.26. The van der Waals surface area contributed by atoms with E-state index >= 15 is 0 Å². The van der Waals surface area contributed by atoms with E-state index in [1.165, 1.54) is 0 Å². The number of thiol groups is 1. The fraction of sp³-hybridized carbons (Fsp3) is 0.250. The van der Waals surface area contributed by atoms with Gasteiger partial charge in [0.05, 0.1) is 5.75 Å².